The number of carbonyl (C=O) groups excluding carboxylic acids is 3. The quantitative estimate of drug-likeness (QED) is 0.785. The van der Waals surface area contributed by atoms with Crippen molar-refractivity contribution in [2.45, 2.75) is 32.2 Å². The van der Waals surface area contributed by atoms with Crippen LogP contribution >= 0.6 is 0 Å². The lowest BCUT2D eigenvalue weighted by Crippen LogP contribution is -2.44. The SMILES string of the molecule is CCC(=O)CC[C@H](NC(=O)c1cccc(F)c1)C(N)=O. The first-order valence-corrected chi connectivity index (χ1v) is 6.31. The zero-order chi connectivity index (χ0) is 15.1. The third kappa shape index (κ3) is 4.79. The second-order valence-corrected chi connectivity index (χ2v) is 4.37. The molecule has 3 N–H and O–H groups in total. The van der Waals surface area contributed by atoms with Crippen LogP contribution in [0.1, 0.15) is 36.5 Å². The van der Waals surface area contributed by atoms with Crippen molar-refractivity contribution in [2.24, 2.45) is 5.73 Å². The molecule has 0 fully saturated rings. The van der Waals surface area contributed by atoms with E-state index in [0.717, 1.165) is 6.07 Å². The lowest BCUT2D eigenvalue weighted by atomic mass is 10.1. The maximum absolute atomic E-state index is 13.0. The van der Waals surface area contributed by atoms with Crippen molar-refractivity contribution in [3.63, 3.8) is 0 Å². The maximum atomic E-state index is 13.0. The molecule has 0 aromatic heterocycles. The summed E-state index contributed by atoms with van der Waals surface area (Å²) in [4.78, 5) is 34.3. The molecule has 0 aliphatic heterocycles. The van der Waals surface area contributed by atoms with Gasteiger partial charge in [0.05, 0.1) is 0 Å². The van der Waals surface area contributed by atoms with Gasteiger partial charge in [0, 0.05) is 18.4 Å². The Morgan fingerprint density at radius 1 is 1.35 bits per heavy atom. The Morgan fingerprint density at radius 3 is 2.60 bits per heavy atom. The number of nitrogens with two attached hydrogens (primary N) is 1. The molecule has 20 heavy (non-hydrogen) atoms. The first-order valence-electron chi connectivity index (χ1n) is 6.31. The first kappa shape index (κ1) is 15.8. The van der Waals surface area contributed by atoms with Crippen molar-refractivity contribution >= 4 is 17.6 Å². The average molecular weight is 280 g/mol. The van der Waals surface area contributed by atoms with Crippen LogP contribution in [0.4, 0.5) is 4.39 Å². The summed E-state index contributed by atoms with van der Waals surface area (Å²) in [7, 11) is 0. The fourth-order valence-corrected chi connectivity index (χ4v) is 1.64. The standard InChI is InChI=1S/C14H17FN2O3/c1-2-11(18)6-7-12(13(16)19)17-14(20)9-4-3-5-10(15)8-9/h3-5,8,12H,2,6-7H2,1H3,(H2,16,19)(H,17,20)/t12-/m0/s1. The number of carbonyl (C=O) groups is 3. The number of amides is 2. The molecule has 0 aliphatic rings. The summed E-state index contributed by atoms with van der Waals surface area (Å²) >= 11 is 0. The van der Waals surface area contributed by atoms with Crippen LogP contribution < -0.4 is 11.1 Å². The van der Waals surface area contributed by atoms with E-state index >= 15 is 0 Å². The van der Waals surface area contributed by atoms with E-state index in [4.69, 9.17) is 5.73 Å². The Balaban J connectivity index is 2.68. The molecule has 0 bridgehead atoms. The van der Waals surface area contributed by atoms with Crippen molar-refractivity contribution in [1.29, 1.82) is 0 Å². The first-order chi connectivity index (χ1) is 9.43. The van der Waals surface area contributed by atoms with Gasteiger partial charge in [0.25, 0.3) is 5.91 Å². The molecular weight excluding hydrogens is 263 g/mol. The molecule has 1 rings (SSSR count). The van der Waals surface area contributed by atoms with Crippen LogP contribution in [0.25, 0.3) is 0 Å². The summed E-state index contributed by atoms with van der Waals surface area (Å²) in [5.41, 5.74) is 5.28. The van der Waals surface area contributed by atoms with Crippen molar-refractivity contribution in [3.05, 3.63) is 35.6 Å². The predicted molar refractivity (Wildman–Crippen MR) is 71.4 cm³/mol. The number of primary amides is 1. The van der Waals surface area contributed by atoms with Crippen LogP contribution in [0.15, 0.2) is 24.3 Å². The summed E-state index contributed by atoms with van der Waals surface area (Å²) in [6.45, 7) is 1.72. The second-order valence-electron chi connectivity index (χ2n) is 4.37. The zero-order valence-corrected chi connectivity index (χ0v) is 11.2. The number of halogens is 1. The van der Waals surface area contributed by atoms with Gasteiger partial charge in [0.1, 0.15) is 17.6 Å². The molecule has 0 saturated heterocycles. The van der Waals surface area contributed by atoms with E-state index in [-0.39, 0.29) is 24.2 Å². The Labute approximate surface area is 116 Å². The molecule has 0 saturated carbocycles. The van der Waals surface area contributed by atoms with Crippen molar-refractivity contribution < 1.29 is 18.8 Å². The van der Waals surface area contributed by atoms with Gasteiger partial charge in [-0.3, -0.25) is 14.4 Å². The summed E-state index contributed by atoms with van der Waals surface area (Å²) in [6, 6.07) is 4.14. The third-order valence-electron chi connectivity index (χ3n) is 2.84. The van der Waals surface area contributed by atoms with Crippen molar-refractivity contribution in [3.8, 4) is 0 Å². The monoisotopic (exact) mass is 280 g/mol. The summed E-state index contributed by atoms with van der Waals surface area (Å²) in [6.07, 6.45) is 0.667. The molecule has 0 heterocycles. The number of benzene rings is 1. The van der Waals surface area contributed by atoms with Crippen LogP contribution in [-0.4, -0.2) is 23.6 Å². The normalized spacial score (nSPS) is 11.7. The van der Waals surface area contributed by atoms with Gasteiger partial charge in [-0.25, -0.2) is 4.39 Å². The van der Waals surface area contributed by atoms with Crippen LogP contribution in [0.3, 0.4) is 0 Å². The minimum atomic E-state index is -0.943. The fraction of sp³-hybridized carbons (Fsp3) is 0.357. The van der Waals surface area contributed by atoms with Gasteiger partial charge in [0.15, 0.2) is 0 Å². The van der Waals surface area contributed by atoms with E-state index in [9.17, 15) is 18.8 Å². The zero-order valence-electron chi connectivity index (χ0n) is 11.2. The molecule has 6 heteroatoms. The van der Waals surface area contributed by atoms with Crippen LogP contribution in [0.2, 0.25) is 0 Å². The van der Waals surface area contributed by atoms with Crippen LogP contribution in [-0.2, 0) is 9.59 Å². The number of Topliss-reactive ketones (excluding diaryl/α,β-unsaturated/α-hetero) is 1. The van der Waals surface area contributed by atoms with Gasteiger partial charge in [-0.2, -0.15) is 0 Å². The summed E-state index contributed by atoms with van der Waals surface area (Å²) < 4.78 is 13.0. The largest absolute Gasteiger partial charge is 0.368 e. The molecular formula is C14H17FN2O3. The van der Waals surface area contributed by atoms with E-state index in [2.05, 4.69) is 5.32 Å². The molecule has 1 aromatic rings. The molecule has 5 nitrogen and oxygen atoms in total. The molecule has 0 radical (unpaired) electrons. The second kappa shape index (κ2) is 7.37. The fourth-order valence-electron chi connectivity index (χ4n) is 1.64. The highest BCUT2D eigenvalue weighted by molar-refractivity contribution is 5.97. The highest BCUT2D eigenvalue weighted by atomic mass is 19.1. The lowest BCUT2D eigenvalue weighted by molar-refractivity contribution is -0.121. The molecule has 1 atom stereocenters. The van der Waals surface area contributed by atoms with Crippen molar-refractivity contribution in [2.75, 3.05) is 0 Å². The van der Waals surface area contributed by atoms with E-state index in [1.54, 1.807) is 6.92 Å². The number of hydrogen-bond acceptors (Lipinski definition) is 3. The topological polar surface area (TPSA) is 89.3 Å². The molecule has 0 unspecified atom stereocenters. The van der Waals surface area contributed by atoms with Gasteiger partial charge in [-0.15, -0.1) is 0 Å². The van der Waals surface area contributed by atoms with E-state index < -0.39 is 23.7 Å². The predicted octanol–water partition coefficient (Wildman–Crippen LogP) is 1.17. The smallest absolute Gasteiger partial charge is 0.252 e. The van der Waals surface area contributed by atoms with Crippen molar-refractivity contribution in [1.82, 2.24) is 5.32 Å². The van der Waals surface area contributed by atoms with Gasteiger partial charge in [-0.1, -0.05) is 13.0 Å². The van der Waals surface area contributed by atoms with Crippen LogP contribution in [0.5, 0.6) is 0 Å². The number of rotatable bonds is 7. The summed E-state index contributed by atoms with van der Waals surface area (Å²) in [5.74, 6) is -1.89. The van der Waals surface area contributed by atoms with E-state index in [1.165, 1.54) is 18.2 Å². The number of ketones is 1. The minimum absolute atomic E-state index is 0.0174. The van der Waals surface area contributed by atoms with Gasteiger partial charge in [0.2, 0.25) is 5.91 Å². The Bertz CT molecular complexity index is 517. The highest BCUT2D eigenvalue weighted by Crippen LogP contribution is 2.06. The molecule has 1 aromatic carbocycles. The molecule has 0 spiro atoms. The third-order valence-corrected chi connectivity index (χ3v) is 2.84. The molecule has 2 amide bonds. The summed E-state index contributed by atoms with van der Waals surface area (Å²) in [5, 5.41) is 2.41. The highest BCUT2D eigenvalue weighted by Gasteiger charge is 2.19. The lowest BCUT2D eigenvalue weighted by Gasteiger charge is -2.15. The van der Waals surface area contributed by atoms with E-state index in [1.807, 2.05) is 0 Å². The molecule has 0 aliphatic carbocycles. The van der Waals surface area contributed by atoms with Crippen LogP contribution in [0, 0.1) is 5.82 Å². The van der Waals surface area contributed by atoms with E-state index in [0.29, 0.717) is 6.42 Å². The Hall–Kier alpha value is -2.24. The minimum Gasteiger partial charge on any atom is -0.368 e. The maximum Gasteiger partial charge on any atom is 0.252 e. The Kier molecular flexibility index (Phi) is 5.83. The van der Waals surface area contributed by atoms with Gasteiger partial charge >= 0.3 is 0 Å². The molecule has 108 valence electrons. The van der Waals surface area contributed by atoms with Gasteiger partial charge in [-0.05, 0) is 24.6 Å². The number of hydrogen-bond donors (Lipinski definition) is 2. The Morgan fingerprint density at radius 2 is 2.05 bits per heavy atom. The average Bonchev–Trinajstić information content (AvgIpc) is 2.42. The van der Waals surface area contributed by atoms with Gasteiger partial charge < -0.3 is 11.1 Å². The number of nitrogens with one attached hydrogen (secondary N) is 1.